The summed E-state index contributed by atoms with van der Waals surface area (Å²) in [4.78, 5) is 12.9. The molecule has 0 radical (unpaired) electrons. The van der Waals surface area contributed by atoms with Gasteiger partial charge in [0.25, 0.3) is 0 Å². The van der Waals surface area contributed by atoms with Gasteiger partial charge < -0.3 is 5.73 Å². The van der Waals surface area contributed by atoms with Crippen LogP contribution in [-0.4, -0.2) is 23.9 Å². The van der Waals surface area contributed by atoms with Gasteiger partial charge in [-0.15, -0.1) is 0 Å². The van der Waals surface area contributed by atoms with Gasteiger partial charge in [-0.25, -0.2) is 4.39 Å². The molecule has 0 aliphatic rings. The van der Waals surface area contributed by atoms with Gasteiger partial charge >= 0.3 is 0 Å². The standard InChI is InChI=1S/C14H18FN3O/c1-2-3-6-18(10-14(17)19)9-11-4-5-13(15)12(7-11)8-16/h4-5,7H,2-3,6,9-10H2,1H3,(H2,17,19). The molecule has 0 aromatic heterocycles. The molecule has 19 heavy (non-hydrogen) atoms. The maximum Gasteiger partial charge on any atom is 0.231 e. The third-order valence-corrected chi connectivity index (χ3v) is 2.76. The number of rotatable bonds is 7. The molecular formula is C14H18FN3O. The number of nitrogens with two attached hydrogens (primary N) is 1. The van der Waals surface area contributed by atoms with Crippen molar-refractivity contribution < 1.29 is 9.18 Å². The highest BCUT2D eigenvalue weighted by molar-refractivity contribution is 5.75. The number of nitrogens with zero attached hydrogens (tertiary/aromatic N) is 2. The zero-order valence-corrected chi connectivity index (χ0v) is 11.0. The summed E-state index contributed by atoms with van der Waals surface area (Å²) in [5.74, 6) is -0.917. The smallest absolute Gasteiger partial charge is 0.231 e. The van der Waals surface area contributed by atoms with E-state index in [2.05, 4.69) is 6.92 Å². The highest BCUT2D eigenvalue weighted by Crippen LogP contribution is 2.12. The molecule has 2 N–H and O–H groups in total. The van der Waals surface area contributed by atoms with Crippen molar-refractivity contribution in [3.05, 3.63) is 35.1 Å². The highest BCUT2D eigenvalue weighted by atomic mass is 19.1. The SMILES string of the molecule is CCCCN(CC(N)=O)Cc1ccc(F)c(C#N)c1. The summed E-state index contributed by atoms with van der Waals surface area (Å²) in [6, 6.07) is 6.21. The summed E-state index contributed by atoms with van der Waals surface area (Å²) in [6.45, 7) is 3.46. The average Bonchev–Trinajstić information content (AvgIpc) is 2.37. The lowest BCUT2D eigenvalue weighted by Crippen LogP contribution is -2.34. The maximum absolute atomic E-state index is 13.2. The van der Waals surface area contributed by atoms with Crippen molar-refractivity contribution in [2.24, 2.45) is 5.73 Å². The molecule has 0 aliphatic heterocycles. The lowest BCUT2D eigenvalue weighted by Gasteiger charge is -2.20. The molecule has 1 aromatic carbocycles. The Morgan fingerprint density at radius 2 is 2.26 bits per heavy atom. The second-order valence-electron chi connectivity index (χ2n) is 4.46. The topological polar surface area (TPSA) is 70.1 Å². The monoisotopic (exact) mass is 263 g/mol. The summed E-state index contributed by atoms with van der Waals surface area (Å²) < 4.78 is 13.2. The molecule has 0 atom stereocenters. The van der Waals surface area contributed by atoms with E-state index in [1.807, 2.05) is 11.0 Å². The minimum absolute atomic E-state index is 0.0204. The lowest BCUT2D eigenvalue weighted by atomic mass is 10.1. The molecule has 0 heterocycles. The predicted octanol–water partition coefficient (Wildman–Crippen LogP) is 1.78. The summed E-state index contributed by atoms with van der Waals surface area (Å²) in [7, 11) is 0. The molecule has 0 unspecified atom stereocenters. The van der Waals surface area contributed by atoms with Crippen LogP contribution in [-0.2, 0) is 11.3 Å². The van der Waals surface area contributed by atoms with Crippen molar-refractivity contribution in [1.29, 1.82) is 5.26 Å². The van der Waals surface area contributed by atoms with Gasteiger partial charge in [0, 0.05) is 6.54 Å². The molecule has 0 aliphatic carbocycles. The molecule has 4 nitrogen and oxygen atoms in total. The number of unbranched alkanes of at least 4 members (excludes halogenated alkanes) is 1. The van der Waals surface area contributed by atoms with Crippen molar-refractivity contribution in [3.63, 3.8) is 0 Å². The third kappa shape index (κ3) is 5.06. The molecule has 1 rings (SSSR count). The Balaban J connectivity index is 2.77. The minimum Gasteiger partial charge on any atom is -0.369 e. The third-order valence-electron chi connectivity index (χ3n) is 2.76. The van der Waals surface area contributed by atoms with E-state index in [0.29, 0.717) is 6.54 Å². The number of primary amides is 1. The van der Waals surface area contributed by atoms with Gasteiger partial charge in [-0.2, -0.15) is 5.26 Å². The van der Waals surface area contributed by atoms with Crippen molar-refractivity contribution in [1.82, 2.24) is 4.90 Å². The normalized spacial score (nSPS) is 10.4. The summed E-state index contributed by atoms with van der Waals surface area (Å²) in [5.41, 5.74) is 6.03. The number of hydrogen-bond acceptors (Lipinski definition) is 3. The van der Waals surface area contributed by atoms with Crippen LogP contribution in [0.4, 0.5) is 4.39 Å². The fraction of sp³-hybridized carbons (Fsp3) is 0.429. The Morgan fingerprint density at radius 1 is 1.53 bits per heavy atom. The number of hydrogen-bond donors (Lipinski definition) is 1. The zero-order valence-electron chi connectivity index (χ0n) is 11.0. The molecular weight excluding hydrogens is 245 g/mol. The average molecular weight is 263 g/mol. The van der Waals surface area contributed by atoms with Gasteiger partial charge in [0.2, 0.25) is 5.91 Å². The molecule has 0 fully saturated rings. The van der Waals surface area contributed by atoms with E-state index in [9.17, 15) is 9.18 Å². The largest absolute Gasteiger partial charge is 0.369 e. The Morgan fingerprint density at radius 3 is 2.84 bits per heavy atom. The van der Waals surface area contributed by atoms with E-state index in [1.165, 1.54) is 12.1 Å². The van der Waals surface area contributed by atoms with E-state index in [4.69, 9.17) is 11.0 Å². The molecule has 1 aromatic rings. The Kier molecular flexibility index (Phi) is 5.97. The van der Waals surface area contributed by atoms with Crippen LogP contribution in [0.15, 0.2) is 18.2 Å². The summed E-state index contributed by atoms with van der Waals surface area (Å²) in [5, 5.41) is 8.79. The van der Waals surface area contributed by atoms with Gasteiger partial charge in [0.15, 0.2) is 0 Å². The zero-order chi connectivity index (χ0) is 14.3. The molecule has 0 spiro atoms. The van der Waals surface area contributed by atoms with Crippen LogP contribution in [0, 0.1) is 17.1 Å². The number of benzene rings is 1. The first kappa shape index (κ1) is 15.1. The molecule has 102 valence electrons. The Hall–Kier alpha value is -1.93. The van der Waals surface area contributed by atoms with Crippen LogP contribution < -0.4 is 5.73 Å². The van der Waals surface area contributed by atoms with Crippen molar-refractivity contribution in [2.45, 2.75) is 26.3 Å². The highest BCUT2D eigenvalue weighted by Gasteiger charge is 2.10. The summed E-state index contributed by atoms with van der Waals surface area (Å²) >= 11 is 0. The summed E-state index contributed by atoms with van der Waals surface area (Å²) in [6.07, 6.45) is 1.97. The number of amides is 1. The molecule has 0 bridgehead atoms. The van der Waals surface area contributed by atoms with Gasteiger partial charge in [-0.3, -0.25) is 9.69 Å². The number of carbonyl (C=O) groups excluding carboxylic acids is 1. The van der Waals surface area contributed by atoms with E-state index in [-0.39, 0.29) is 12.1 Å². The van der Waals surface area contributed by atoms with Crippen molar-refractivity contribution in [2.75, 3.05) is 13.1 Å². The molecule has 1 amide bonds. The van der Waals surface area contributed by atoms with Crippen LogP contribution >= 0.6 is 0 Å². The second kappa shape index (κ2) is 7.49. The fourth-order valence-electron chi connectivity index (χ4n) is 1.83. The first-order valence-corrected chi connectivity index (χ1v) is 6.26. The van der Waals surface area contributed by atoms with Gasteiger partial charge in [-0.05, 0) is 30.7 Å². The number of halogens is 1. The van der Waals surface area contributed by atoms with Crippen molar-refractivity contribution >= 4 is 5.91 Å². The Bertz CT molecular complexity index is 482. The fourth-order valence-corrected chi connectivity index (χ4v) is 1.83. The maximum atomic E-state index is 13.2. The Labute approximate surface area is 112 Å². The van der Waals surface area contributed by atoms with Crippen LogP contribution in [0.1, 0.15) is 30.9 Å². The van der Waals surface area contributed by atoms with Crippen LogP contribution in [0.5, 0.6) is 0 Å². The van der Waals surface area contributed by atoms with Crippen LogP contribution in [0.25, 0.3) is 0 Å². The first-order chi connectivity index (χ1) is 9.06. The lowest BCUT2D eigenvalue weighted by molar-refractivity contribution is -0.119. The van der Waals surface area contributed by atoms with Gasteiger partial charge in [0.1, 0.15) is 11.9 Å². The van der Waals surface area contributed by atoms with Gasteiger partial charge in [0.05, 0.1) is 12.1 Å². The molecule has 0 saturated carbocycles. The van der Waals surface area contributed by atoms with E-state index in [0.717, 1.165) is 24.9 Å². The van der Waals surface area contributed by atoms with Gasteiger partial charge in [-0.1, -0.05) is 19.4 Å². The molecule has 0 saturated heterocycles. The number of nitriles is 1. The van der Waals surface area contributed by atoms with Crippen LogP contribution in [0.3, 0.4) is 0 Å². The quantitative estimate of drug-likeness (QED) is 0.815. The molecule has 5 heteroatoms. The van der Waals surface area contributed by atoms with E-state index >= 15 is 0 Å². The first-order valence-electron chi connectivity index (χ1n) is 6.26. The van der Waals surface area contributed by atoms with E-state index in [1.54, 1.807) is 6.07 Å². The predicted molar refractivity (Wildman–Crippen MR) is 70.5 cm³/mol. The number of carbonyl (C=O) groups is 1. The van der Waals surface area contributed by atoms with E-state index < -0.39 is 11.7 Å². The van der Waals surface area contributed by atoms with Crippen LogP contribution in [0.2, 0.25) is 0 Å². The second-order valence-corrected chi connectivity index (χ2v) is 4.46. The van der Waals surface area contributed by atoms with Crippen molar-refractivity contribution in [3.8, 4) is 6.07 Å². The minimum atomic E-state index is -0.527.